The summed E-state index contributed by atoms with van der Waals surface area (Å²) in [7, 11) is 0. The molecule has 0 radical (unpaired) electrons. The number of nitrogens with zero attached hydrogens (tertiary/aromatic N) is 1. The number of benzene rings is 1. The molecule has 0 spiro atoms. The lowest BCUT2D eigenvalue weighted by molar-refractivity contribution is -0.121. The third kappa shape index (κ3) is 4.42. The predicted octanol–water partition coefficient (Wildman–Crippen LogP) is 2.81. The number of carbonyl (C=O) groups is 1. The molecular weight excluding hydrogens is 292 g/mol. The average molecular weight is 316 g/mol. The molecule has 1 aromatic carbocycles. The van der Waals surface area contributed by atoms with Crippen molar-refractivity contribution in [1.82, 2.24) is 10.3 Å². The largest absolute Gasteiger partial charge is 0.441 e. The van der Waals surface area contributed by atoms with E-state index < -0.39 is 0 Å². The molecule has 0 aliphatic rings. The highest BCUT2D eigenvalue weighted by atomic mass is 16.4. The van der Waals surface area contributed by atoms with Crippen LogP contribution in [0.5, 0.6) is 0 Å². The molecule has 0 saturated heterocycles. The first kappa shape index (κ1) is 17.2. The summed E-state index contributed by atoms with van der Waals surface area (Å²) in [5, 5.41) is 11.7. The Balaban J connectivity index is 2.12. The maximum atomic E-state index is 11.9. The van der Waals surface area contributed by atoms with Crippen LogP contribution in [-0.4, -0.2) is 28.6 Å². The normalized spacial score (nSPS) is 12.4. The highest BCUT2D eigenvalue weighted by molar-refractivity contribution is 5.78. The van der Waals surface area contributed by atoms with Gasteiger partial charge < -0.3 is 14.8 Å². The maximum Gasteiger partial charge on any atom is 0.226 e. The molecule has 1 atom stereocenters. The maximum absolute atomic E-state index is 11.9. The van der Waals surface area contributed by atoms with Gasteiger partial charge in [-0.3, -0.25) is 4.79 Å². The zero-order valence-electron chi connectivity index (χ0n) is 14.1. The van der Waals surface area contributed by atoms with Crippen LogP contribution in [0.15, 0.2) is 28.7 Å². The zero-order valence-corrected chi connectivity index (χ0v) is 14.1. The number of hydrogen-bond donors (Lipinski definition) is 2. The van der Waals surface area contributed by atoms with Gasteiger partial charge in [0.2, 0.25) is 11.8 Å². The van der Waals surface area contributed by atoms with Crippen molar-refractivity contribution >= 4 is 5.91 Å². The number of aryl methyl sites for hydroxylation is 1. The van der Waals surface area contributed by atoms with Crippen LogP contribution in [0.3, 0.4) is 0 Å². The van der Waals surface area contributed by atoms with E-state index in [9.17, 15) is 4.79 Å². The van der Waals surface area contributed by atoms with E-state index in [1.54, 1.807) is 13.8 Å². The monoisotopic (exact) mass is 316 g/mol. The number of hydrogen-bond acceptors (Lipinski definition) is 4. The van der Waals surface area contributed by atoms with Crippen LogP contribution < -0.4 is 5.32 Å². The minimum atomic E-state index is -0.266. The second kappa shape index (κ2) is 7.42. The summed E-state index contributed by atoms with van der Waals surface area (Å²) in [6.07, 6.45) is 0.143. The molecule has 0 fully saturated rings. The van der Waals surface area contributed by atoms with Gasteiger partial charge in [-0.15, -0.1) is 0 Å². The van der Waals surface area contributed by atoms with Crippen molar-refractivity contribution < 1.29 is 14.3 Å². The number of oxazole rings is 1. The SMILES string of the molecule is Cc1oc(-c2ccc(C(C)C)cc2)nc1CC(=O)NC(C)CO. The number of carbonyl (C=O) groups excluding carboxylic acids is 1. The van der Waals surface area contributed by atoms with Crippen molar-refractivity contribution in [3.8, 4) is 11.5 Å². The van der Waals surface area contributed by atoms with Crippen LogP contribution in [0, 0.1) is 6.92 Å². The van der Waals surface area contributed by atoms with Crippen molar-refractivity contribution in [2.75, 3.05) is 6.61 Å². The van der Waals surface area contributed by atoms with Crippen LogP contribution in [0.4, 0.5) is 0 Å². The van der Waals surface area contributed by atoms with E-state index in [0.29, 0.717) is 23.3 Å². The predicted molar refractivity (Wildman–Crippen MR) is 89.2 cm³/mol. The van der Waals surface area contributed by atoms with Gasteiger partial charge in [0.05, 0.1) is 18.7 Å². The molecule has 2 N–H and O–H groups in total. The highest BCUT2D eigenvalue weighted by Crippen LogP contribution is 2.24. The Hall–Kier alpha value is -2.14. The summed E-state index contributed by atoms with van der Waals surface area (Å²) < 4.78 is 5.69. The summed E-state index contributed by atoms with van der Waals surface area (Å²) in [4.78, 5) is 16.3. The second-order valence-electron chi connectivity index (χ2n) is 6.13. The first-order chi connectivity index (χ1) is 10.9. The Morgan fingerprint density at radius 3 is 2.48 bits per heavy atom. The third-order valence-corrected chi connectivity index (χ3v) is 3.73. The van der Waals surface area contributed by atoms with E-state index in [0.717, 1.165) is 5.56 Å². The van der Waals surface area contributed by atoms with Crippen LogP contribution >= 0.6 is 0 Å². The molecule has 0 aliphatic heterocycles. The summed E-state index contributed by atoms with van der Waals surface area (Å²) >= 11 is 0. The Labute approximate surface area is 136 Å². The fraction of sp³-hybridized carbons (Fsp3) is 0.444. The molecule has 1 heterocycles. The highest BCUT2D eigenvalue weighted by Gasteiger charge is 2.16. The molecule has 1 amide bonds. The molecule has 2 rings (SSSR count). The van der Waals surface area contributed by atoms with Gasteiger partial charge >= 0.3 is 0 Å². The zero-order chi connectivity index (χ0) is 17.0. The molecule has 124 valence electrons. The fourth-order valence-corrected chi connectivity index (χ4v) is 2.25. The lowest BCUT2D eigenvalue weighted by Crippen LogP contribution is -2.36. The lowest BCUT2D eigenvalue weighted by Gasteiger charge is -2.09. The van der Waals surface area contributed by atoms with Gasteiger partial charge in [0, 0.05) is 11.6 Å². The quantitative estimate of drug-likeness (QED) is 0.859. The molecular formula is C18H24N2O3. The van der Waals surface area contributed by atoms with Crippen molar-refractivity contribution in [2.45, 2.75) is 46.1 Å². The van der Waals surface area contributed by atoms with Crippen molar-refractivity contribution in [3.05, 3.63) is 41.3 Å². The number of rotatable bonds is 6. The smallest absolute Gasteiger partial charge is 0.226 e. The fourth-order valence-electron chi connectivity index (χ4n) is 2.25. The van der Waals surface area contributed by atoms with Crippen LogP contribution in [0.1, 0.15) is 43.7 Å². The molecule has 23 heavy (non-hydrogen) atoms. The number of aliphatic hydroxyl groups is 1. The standard InChI is InChI=1S/C18H24N2O3/c1-11(2)14-5-7-15(8-6-14)18-20-16(13(4)23-18)9-17(22)19-12(3)10-21/h5-8,11-12,21H,9-10H2,1-4H3,(H,19,22). The van der Waals surface area contributed by atoms with E-state index in [4.69, 9.17) is 9.52 Å². The van der Waals surface area contributed by atoms with Crippen LogP contribution in [0.2, 0.25) is 0 Å². The number of amides is 1. The molecule has 0 bridgehead atoms. The second-order valence-corrected chi connectivity index (χ2v) is 6.13. The summed E-state index contributed by atoms with van der Waals surface area (Å²) in [6, 6.07) is 7.83. The van der Waals surface area contributed by atoms with E-state index >= 15 is 0 Å². The Bertz CT molecular complexity index is 659. The van der Waals surface area contributed by atoms with E-state index in [2.05, 4.69) is 36.3 Å². The molecule has 0 saturated carbocycles. The van der Waals surface area contributed by atoms with Gasteiger partial charge in [-0.2, -0.15) is 0 Å². The van der Waals surface area contributed by atoms with Gasteiger partial charge in [0.25, 0.3) is 0 Å². The van der Waals surface area contributed by atoms with Gasteiger partial charge in [0.1, 0.15) is 5.76 Å². The Morgan fingerprint density at radius 2 is 1.91 bits per heavy atom. The number of nitrogens with one attached hydrogen (secondary N) is 1. The number of aliphatic hydroxyl groups excluding tert-OH is 1. The summed E-state index contributed by atoms with van der Waals surface area (Å²) in [5.41, 5.74) is 2.78. The third-order valence-electron chi connectivity index (χ3n) is 3.73. The van der Waals surface area contributed by atoms with E-state index in [-0.39, 0.29) is 25.0 Å². The molecule has 5 heteroatoms. The van der Waals surface area contributed by atoms with Crippen LogP contribution in [-0.2, 0) is 11.2 Å². The van der Waals surface area contributed by atoms with E-state index in [1.165, 1.54) is 5.56 Å². The molecule has 2 aromatic rings. The van der Waals surface area contributed by atoms with Crippen LogP contribution in [0.25, 0.3) is 11.5 Å². The average Bonchev–Trinajstić information content (AvgIpc) is 2.88. The Morgan fingerprint density at radius 1 is 1.26 bits per heavy atom. The van der Waals surface area contributed by atoms with Gasteiger partial charge in [-0.25, -0.2) is 4.98 Å². The van der Waals surface area contributed by atoms with Crippen molar-refractivity contribution in [3.63, 3.8) is 0 Å². The van der Waals surface area contributed by atoms with Crippen molar-refractivity contribution in [2.24, 2.45) is 0 Å². The summed E-state index contributed by atoms with van der Waals surface area (Å²) in [5.74, 6) is 1.46. The van der Waals surface area contributed by atoms with Crippen molar-refractivity contribution in [1.29, 1.82) is 0 Å². The molecule has 1 aromatic heterocycles. The van der Waals surface area contributed by atoms with Gasteiger partial charge in [0.15, 0.2) is 0 Å². The molecule has 0 aliphatic carbocycles. The minimum Gasteiger partial charge on any atom is -0.441 e. The van der Waals surface area contributed by atoms with Gasteiger partial charge in [-0.05, 0) is 37.5 Å². The van der Waals surface area contributed by atoms with Gasteiger partial charge in [-0.1, -0.05) is 26.0 Å². The Kier molecular flexibility index (Phi) is 5.55. The first-order valence-electron chi connectivity index (χ1n) is 7.87. The topological polar surface area (TPSA) is 75.4 Å². The minimum absolute atomic E-state index is 0.0863. The number of aromatic nitrogens is 1. The summed E-state index contributed by atoms with van der Waals surface area (Å²) in [6.45, 7) is 7.76. The van der Waals surface area contributed by atoms with E-state index in [1.807, 2.05) is 12.1 Å². The lowest BCUT2D eigenvalue weighted by atomic mass is 10.0. The molecule has 1 unspecified atom stereocenters. The molecule has 5 nitrogen and oxygen atoms in total. The first-order valence-corrected chi connectivity index (χ1v) is 7.87.